The lowest BCUT2D eigenvalue weighted by molar-refractivity contribution is -0.140. The minimum absolute atomic E-state index is 0.0418. The SMILES string of the molecule is CCCNC(=O)[C@@H](CC)N(Cc1ccc(Cl)c(Cl)c1)C(=O)CN(c1ccc(C)cc1)S(=O)(=O)c1ccc(C)cc1. The van der Waals surface area contributed by atoms with E-state index in [1.165, 1.54) is 17.0 Å². The third-order valence-corrected chi connectivity index (χ3v) is 9.01. The number of halogens is 2. The molecule has 0 spiro atoms. The zero-order valence-corrected chi connectivity index (χ0v) is 25.5. The molecule has 0 bridgehead atoms. The molecule has 0 unspecified atom stereocenters. The molecule has 0 aliphatic rings. The molecule has 3 rings (SSSR count). The summed E-state index contributed by atoms with van der Waals surface area (Å²) in [6.07, 6.45) is 1.07. The molecule has 0 fully saturated rings. The Kier molecular flexibility index (Phi) is 11.0. The van der Waals surface area contributed by atoms with Crippen LogP contribution in [-0.4, -0.2) is 44.3 Å². The molecule has 3 aromatic carbocycles. The second kappa shape index (κ2) is 14.0. The average molecular weight is 605 g/mol. The fourth-order valence-corrected chi connectivity index (χ4v) is 5.93. The molecular weight excluding hydrogens is 569 g/mol. The van der Waals surface area contributed by atoms with Crippen LogP contribution in [0, 0.1) is 13.8 Å². The van der Waals surface area contributed by atoms with E-state index < -0.39 is 28.5 Å². The van der Waals surface area contributed by atoms with Crippen molar-refractivity contribution in [3.05, 3.63) is 93.5 Å². The molecule has 0 aliphatic heterocycles. The molecule has 0 heterocycles. The van der Waals surface area contributed by atoms with E-state index in [0.717, 1.165) is 21.9 Å². The topological polar surface area (TPSA) is 86.8 Å². The van der Waals surface area contributed by atoms with Gasteiger partial charge in [-0.3, -0.25) is 13.9 Å². The van der Waals surface area contributed by atoms with Gasteiger partial charge in [0.15, 0.2) is 0 Å². The largest absolute Gasteiger partial charge is 0.354 e. The Hall–Kier alpha value is -3.07. The van der Waals surface area contributed by atoms with E-state index in [-0.39, 0.29) is 17.3 Å². The molecule has 10 heteroatoms. The van der Waals surface area contributed by atoms with Gasteiger partial charge in [0.1, 0.15) is 12.6 Å². The maximum atomic E-state index is 14.0. The summed E-state index contributed by atoms with van der Waals surface area (Å²) in [6.45, 7) is 7.52. The number of carbonyl (C=O) groups is 2. The van der Waals surface area contributed by atoms with Gasteiger partial charge in [-0.05, 0) is 68.7 Å². The summed E-state index contributed by atoms with van der Waals surface area (Å²) in [5.74, 6) is -0.832. The van der Waals surface area contributed by atoms with Crippen molar-refractivity contribution in [1.29, 1.82) is 0 Å². The van der Waals surface area contributed by atoms with Crippen molar-refractivity contribution in [3.8, 4) is 0 Å². The van der Waals surface area contributed by atoms with Crippen LogP contribution >= 0.6 is 23.2 Å². The highest BCUT2D eigenvalue weighted by Gasteiger charge is 2.33. The first-order valence-corrected chi connectivity index (χ1v) is 15.3. The molecule has 2 amide bonds. The van der Waals surface area contributed by atoms with E-state index in [1.807, 2.05) is 27.7 Å². The molecule has 1 atom stereocenters. The lowest BCUT2D eigenvalue weighted by atomic mass is 10.1. The number of carbonyl (C=O) groups excluding carboxylic acids is 2. The number of nitrogens with zero attached hydrogens (tertiary/aromatic N) is 2. The normalized spacial score (nSPS) is 12.1. The predicted octanol–water partition coefficient (Wildman–Crippen LogP) is 6.14. The Bertz CT molecular complexity index is 1430. The molecular formula is C30H35Cl2N3O4S. The van der Waals surface area contributed by atoms with Gasteiger partial charge in [-0.1, -0.05) is 78.5 Å². The molecule has 214 valence electrons. The van der Waals surface area contributed by atoms with Gasteiger partial charge in [-0.2, -0.15) is 0 Å². The first-order valence-electron chi connectivity index (χ1n) is 13.1. The highest BCUT2D eigenvalue weighted by Crippen LogP contribution is 2.27. The van der Waals surface area contributed by atoms with Gasteiger partial charge >= 0.3 is 0 Å². The molecule has 3 aromatic rings. The van der Waals surface area contributed by atoms with Crippen LogP contribution in [0.25, 0.3) is 0 Å². The van der Waals surface area contributed by atoms with Crippen molar-refractivity contribution in [3.63, 3.8) is 0 Å². The smallest absolute Gasteiger partial charge is 0.264 e. The van der Waals surface area contributed by atoms with Crippen molar-refractivity contribution in [2.45, 2.75) is 58.0 Å². The van der Waals surface area contributed by atoms with Crippen LogP contribution in [0.15, 0.2) is 71.6 Å². The van der Waals surface area contributed by atoms with Crippen LogP contribution in [0.2, 0.25) is 10.0 Å². The van der Waals surface area contributed by atoms with Crippen LogP contribution in [-0.2, 0) is 26.2 Å². The predicted molar refractivity (Wildman–Crippen MR) is 161 cm³/mol. The third kappa shape index (κ3) is 7.77. The number of nitrogens with one attached hydrogen (secondary N) is 1. The number of hydrogen-bond acceptors (Lipinski definition) is 4. The monoisotopic (exact) mass is 603 g/mol. The van der Waals surface area contributed by atoms with E-state index in [1.54, 1.807) is 54.6 Å². The highest BCUT2D eigenvalue weighted by molar-refractivity contribution is 7.92. The summed E-state index contributed by atoms with van der Waals surface area (Å²) >= 11 is 12.3. The summed E-state index contributed by atoms with van der Waals surface area (Å²) in [6, 6.07) is 17.6. The number of anilines is 1. The highest BCUT2D eigenvalue weighted by atomic mass is 35.5. The van der Waals surface area contributed by atoms with Gasteiger partial charge < -0.3 is 10.2 Å². The minimum atomic E-state index is -4.12. The van der Waals surface area contributed by atoms with E-state index in [4.69, 9.17) is 23.2 Å². The van der Waals surface area contributed by atoms with Gasteiger partial charge in [-0.15, -0.1) is 0 Å². The van der Waals surface area contributed by atoms with Crippen LogP contribution in [0.3, 0.4) is 0 Å². The van der Waals surface area contributed by atoms with Gasteiger partial charge in [0.05, 0.1) is 20.6 Å². The van der Waals surface area contributed by atoms with Crippen LogP contribution < -0.4 is 9.62 Å². The van der Waals surface area contributed by atoms with E-state index >= 15 is 0 Å². The Balaban J connectivity index is 2.06. The molecule has 0 aromatic heterocycles. The molecule has 40 heavy (non-hydrogen) atoms. The minimum Gasteiger partial charge on any atom is -0.354 e. The second-order valence-corrected chi connectivity index (χ2v) is 12.3. The maximum absolute atomic E-state index is 14.0. The van der Waals surface area contributed by atoms with Crippen LogP contribution in [0.1, 0.15) is 43.4 Å². The zero-order valence-electron chi connectivity index (χ0n) is 23.2. The molecule has 0 saturated carbocycles. The first-order chi connectivity index (χ1) is 19.0. The Morgan fingerprint density at radius 3 is 2.02 bits per heavy atom. The van der Waals surface area contributed by atoms with Gasteiger partial charge in [0, 0.05) is 13.1 Å². The summed E-state index contributed by atoms with van der Waals surface area (Å²) in [5, 5.41) is 3.55. The van der Waals surface area contributed by atoms with Crippen molar-refractivity contribution in [2.24, 2.45) is 0 Å². The van der Waals surface area contributed by atoms with Crippen molar-refractivity contribution in [2.75, 3.05) is 17.4 Å². The van der Waals surface area contributed by atoms with Crippen molar-refractivity contribution >= 4 is 50.7 Å². The third-order valence-electron chi connectivity index (χ3n) is 6.48. The second-order valence-electron chi connectivity index (χ2n) is 9.65. The summed E-state index contributed by atoms with van der Waals surface area (Å²) in [5.41, 5.74) is 2.86. The van der Waals surface area contributed by atoms with Crippen molar-refractivity contribution in [1.82, 2.24) is 10.2 Å². The zero-order chi connectivity index (χ0) is 29.4. The fourth-order valence-electron chi connectivity index (χ4n) is 4.20. The van der Waals surface area contributed by atoms with Gasteiger partial charge in [0.25, 0.3) is 10.0 Å². The van der Waals surface area contributed by atoms with Gasteiger partial charge in [-0.25, -0.2) is 8.42 Å². The summed E-state index contributed by atoms with van der Waals surface area (Å²) in [7, 11) is -4.12. The molecule has 1 N–H and O–H groups in total. The van der Waals surface area contributed by atoms with E-state index in [9.17, 15) is 18.0 Å². The number of amides is 2. The Morgan fingerprint density at radius 2 is 1.48 bits per heavy atom. The number of hydrogen-bond donors (Lipinski definition) is 1. The fraction of sp³-hybridized carbons (Fsp3) is 0.333. The van der Waals surface area contributed by atoms with Crippen molar-refractivity contribution < 1.29 is 18.0 Å². The maximum Gasteiger partial charge on any atom is 0.264 e. The molecule has 0 aliphatic carbocycles. The Labute approximate surface area is 247 Å². The summed E-state index contributed by atoms with van der Waals surface area (Å²) in [4.78, 5) is 28.7. The lowest BCUT2D eigenvalue weighted by Gasteiger charge is -2.33. The molecule has 0 radical (unpaired) electrons. The lowest BCUT2D eigenvalue weighted by Crippen LogP contribution is -2.52. The van der Waals surface area contributed by atoms with Crippen LogP contribution in [0.4, 0.5) is 5.69 Å². The molecule has 7 nitrogen and oxygen atoms in total. The van der Waals surface area contributed by atoms with E-state index in [2.05, 4.69) is 5.32 Å². The van der Waals surface area contributed by atoms with E-state index in [0.29, 0.717) is 34.3 Å². The quantitative estimate of drug-likeness (QED) is 0.269. The summed E-state index contributed by atoms with van der Waals surface area (Å²) < 4.78 is 28.9. The average Bonchev–Trinajstić information content (AvgIpc) is 2.93. The number of aryl methyl sites for hydroxylation is 2. The first kappa shape index (κ1) is 31.5. The standard InChI is InChI=1S/C30H35Cl2N3O4S/c1-5-17-33-30(37)28(6-2)34(19-23-11-16-26(31)27(32)18-23)29(36)20-35(24-12-7-21(3)8-13-24)40(38,39)25-14-9-22(4)10-15-25/h7-16,18,28H,5-6,17,19-20H2,1-4H3,(H,33,37)/t28-/m1/s1. The number of benzene rings is 3. The van der Waals surface area contributed by atoms with Gasteiger partial charge in [0.2, 0.25) is 11.8 Å². The van der Waals surface area contributed by atoms with Crippen LogP contribution in [0.5, 0.6) is 0 Å². The number of rotatable bonds is 12. The Morgan fingerprint density at radius 1 is 0.875 bits per heavy atom. The number of sulfonamides is 1. The molecule has 0 saturated heterocycles.